The molecule has 0 aliphatic heterocycles. The third kappa shape index (κ3) is 5.66. The number of esters is 1. The van der Waals surface area contributed by atoms with Crippen molar-refractivity contribution in [3.63, 3.8) is 0 Å². The molecule has 5 nitrogen and oxygen atoms in total. The first-order valence-corrected chi connectivity index (χ1v) is 7.53. The number of carbonyl (C=O) groups excluding carboxylic acids is 2. The normalized spacial score (nSPS) is 11.0. The molecule has 1 N–H and O–H groups in total. The van der Waals surface area contributed by atoms with Crippen molar-refractivity contribution >= 4 is 23.9 Å². The highest BCUT2D eigenvalue weighted by Crippen LogP contribution is 2.26. The lowest BCUT2D eigenvalue weighted by Gasteiger charge is -2.03. The van der Waals surface area contributed by atoms with Gasteiger partial charge in [0.05, 0.1) is 7.11 Å². The monoisotopic (exact) mass is 338 g/mol. The summed E-state index contributed by atoms with van der Waals surface area (Å²) in [6.45, 7) is 1.34. The van der Waals surface area contributed by atoms with Crippen molar-refractivity contribution in [3.8, 4) is 17.2 Å². The van der Waals surface area contributed by atoms with E-state index in [0.717, 1.165) is 11.1 Å². The van der Waals surface area contributed by atoms with Crippen LogP contribution in [0.5, 0.6) is 17.2 Å². The lowest BCUT2D eigenvalue weighted by Crippen LogP contribution is -2.00. The molecule has 0 radical (unpaired) electrons. The summed E-state index contributed by atoms with van der Waals surface area (Å²) in [5.74, 6) is 0.281. The predicted octanol–water partition coefficient (Wildman–Crippen LogP) is 3.62. The van der Waals surface area contributed by atoms with E-state index in [2.05, 4.69) is 0 Å². The molecule has 5 heteroatoms. The van der Waals surface area contributed by atoms with Gasteiger partial charge in [0.15, 0.2) is 17.3 Å². The summed E-state index contributed by atoms with van der Waals surface area (Å²) in [4.78, 5) is 22.8. The van der Waals surface area contributed by atoms with Crippen molar-refractivity contribution in [1.29, 1.82) is 0 Å². The minimum atomic E-state index is -0.380. The topological polar surface area (TPSA) is 72.8 Å². The molecule has 0 heterocycles. The van der Waals surface area contributed by atoms with Gasteiger partial charge in [0.1, 0.15) is 5.75 Å². The van der Waals surface area contributed by atoms with E-state index in [1.54, 1.807) is 48.6 Å². The maximum atomic E-state index is 11.9. The number of rotatable bonds is 6. The Bertz CT molecular complexity index is 816. The SMILES string of the molecule is COc1cc(/C=C/C(=O)/C=C/c2ccc(OC(C)=O)cc2)ccc1O. The van der Waals surface area contributed by atoms with Crippen LogP contribution in [0, 0.1) is 0 Å². The van der Waals surface area contributed by atoms with Gasteiger partial charge < -0.3 is 14.6 Å². The van der Waals surface area contributed by atoms with E-state index < -0.39 is 0 Å². The average molecular weight is 338 g/mol. The largest absolute Gasteiger partial charge is 0.504 e. The van der Waals surface area contributed by atoms with Crippen LogP contribution in [0.15, 0.2) is 54.6 Å². The van der Waals surface area contributed by atoms with Gasteiger partial charge in [-0.1, -0.05) is 30.4 Å². The molecule has 0 saturated carbocycles. The third-order valence-corrected chi connectivity index (χ3v) is 3.23. The van der Waals surface area contributed by atoms with Gasteiger partial charge in [0, 0.05) is 6.92 Å². The Morgan fingerprint density at radius 2 is 1.56 bits per heavy atom. The summed E-state index contributed by atoms with van der Waals surface area (Å²) in [5, 5.41) is 9.54. The summed E-state index contributed by atoms with van der Waals surface area (Å²) in [6.07, 6.45) is 6.17. The molecule has 25 heavy (non-hydrogen) atoms. The van der Waals surface area contributed by atoms with Gasteiger partial charge in [0.25, 0.3) is 0 Å². The molecule has 2 aromatic carbocycles. The standard InChI is InChI=1S/C20H18O5/c1-14(21)25-18-10-5-15(6-11-18)3-8-17(22)9-4-16-7-12-19(23)20(13-16)24-2/h3-13,23H,1-2H3/b8-3+,9-4+. The third-order valence-electron chi connectivity index (χ3n) is 3.23. The molecule has 0 aromatic heterocycles. The second-order valence-corrected chi connectivity index (χ2v) is 5.16. The molecule has 0 fully saturated rings. The highest BCUT2D eigenvalue weighted by molar-refractivity contribution is 6.04. The zero-order chi connectivity index (χ0) is 18.2. The fourth-order valence-corrected chi connectivity index (χ4v) is 2.02. The number of aromatic hydroxyl groups is 1. The van der Waals surface area contributed by atoms with Crippen LogP contribution < -0.4 is 9.47 Å². The fourth-order valence-electron chi connectivity index (χ4n) is 2.02. The number of ketones is 1. The van der Waals surface area contributed by atoms with Gasteiger partial charge in [-0.05, 0) is 47.5 Å². The summed E-state index contributed by atoms with van der Waals surface area (Å²) in [5.41, 5.74) is 1.55. The van der Waals surface area contributed by atoms with Crippen molar-refractivity contribution < 1.29 is 24.2 Å². The van der Waals surface area contributed by atoms with Crippen LogP contribution >= 0.6 is 0 Å². The molecule has 0 atom stereocenters. The van der Waals surface area contributed by atoms with Gasteiger partial charge in [-0.2, -0.15) is 0 Å². The Labute approximate surface area is 145 Å². The Kier molecular flexibility index (Phi) is 6.12. The highest BCUT2D eigenvalue weighted by Gasteiger charge is 2.01. The summed E-state index contributed by atoms with van der Waals surface area (Å²) in [6, 6.07) is 11.6. The zero-order valence-electron chi connectivity index (χ0n) is 13.9. The van der Waals surface area contributed by atoms with Crippen LogP contribution in [0.3, 0.4) is 0 Å². The number of allylic oxidation sites excluding steroid dienone is 2. The highest BCUT2D eigenvalue weighted by atomic mass is 16.5. The maximum Gasteiger partial charge on any atom is 0.308 e. The molecule has 0 unspecified atom stereocenters. The number of ether oxygens (including phenoxy) is 2. The summed E-state index contributed by atoms with van der Waals surface area (Å²) >= 11 is 0. The van der Waals surface area contributed by atoms with Crippen LogP contribution in [0.4, 0.5) is 0 Å². The second kappa shape index (κ2) is 8.49. The molecule has 0 aliphatic carbocycles. The predicted molar refractivity (Wildman–Crippen MR) is 95.5 cm³/mol. The van der Waals surface area contributed by atoms with Crippen LogP contribution in [0.2, 0.25) is 0 Å². The lowest BCUT2D eigenvalue weighted by atomic mass is 10.1. The first-order chi connectivity index (χ1) is 12.0. The maximum absolute atomic E-state index is 11.9. The quantitative estimate of drug-likeness (QED) is 0.495. The molecule has 0 saturated heterocycles. The van der Waals surface area contributed by atoms with Gasteiger partial charge >= 0.3 is 5.97 Å². The number of carbonyl (C=O) groups is 2. The Balaban J connectivity index is 1.99. The van der Waals surface area contributed by atoms with Crippen molar-refractivity contribution in [3.05, 3.63) is 65.7 Å². The van der Waals surface area contributed by atoms with E-state index in [9.17, 15) is 14.7 Å². The molecule has 2 aromatic rings. The number of benzene rings is 2. The Morgan fingerprint density at radius 3 is 2.16 bits per heavy atom. The average Bonchev–Trinajstić information content (AvgIpc) is 2.60. The summed E-state index contributed by atoms with van der Waals surface area (Å²) in [7, 11) is 1.46. The van der Waals surface area contributed by atoms with Gasteiger partial charge in [-0.15, -0.1) is 0 Å². The van der Waals surface area contributed by atoms with Crippen LogP contribution in [0.25, 0.3) is 12.2 Å². The van der Waals surface area contributed by atoms with Crippen molar-refractivity contribution in [1.82, 2.24) is 0 Å². The minimum absolute atomic E-state index is 0.0445. The minimum Gasteiger partial charge on any atom is -0.504 e. The van der Waals surface area contributed by atoms with Gasteiger partial charge in [0.2, 0.25) is 0 Å². The fraction of sp³-hybridized carbons (Fsp3) is 0.100. The second-order valence-electron chi connectivity index (χ2n) is 5.16. The lowest BCUT2D eigenvalue weighted by molar-refractivity contribution is -0.131. The first-order valence-electron chi connectivity index (χ1n) is 7.53. The molecule has 0 spiro atoms. The van der Waals surface area contributed by atoms with Gasteiger partial charge in [-0.25, -0.2) is 0 Å². The molecular weight excluding hydrogens is 320 g/mol. The molecule has 128 valence electrons. The van der Waals surface area contributed by atoms with Crippen molar-refractivity contribution in [2.24, 2.45) is 0 Å². The number of methoxy groups -OCH3 is 1. The molecule has 2 rings (SSSR count). The van der Waals surface area contributed by atoms with Crippen molar-refractivity contribution in [2.45, 2.75) is 6.92 Å². The summed E-state index contributed by atoms with van der Waals surface area (Å²) < 4.78 is 9.96. The zero-order valence-corrected chi connectivity index (χ0v) is 13.9. The van der Waals surface area contributed by atoms with E-state index in [1.165, 1.54) is 32.3 Å². The molecular formula is C20H18O5. The smallest absolute Gasteiger partial charge is 0.308 e. The van der Waals surface area contributed by atoms with E-state index in [-0.39, 0.29) is 17.5 Å². The van der Waals surface area contributed by atoms with E-state index >= 15 is 0 Å². The van der Waals surface area contributed by atoms with E-state index in [1.807, 2.05) is 0 Å². The molecule has 0 amide bonds. The molecule has 0 bridgehead atoms. The van der Waals surface area contributed by atoms with Crippen LogP contribution in [0.1, 0.15) is 18.1 Å². The van der Waals surface area contributed by atoms with Gasteiger partial charge in [-0.3, -0.25) is 9.59 Å². The number of phenolic OH excluding ortho intramolecular Hbond substituents is 1. The van der Waals surface area contributed by atoms with E-state index in [0.29, 0.717) is 11.5 Å². The number of phenols is 1. The van der Waals surface area contributed by atoms with Crippen LogP contribution in [-0.2, 0) is 9.59 Å². The van der Waals surface area contributed by atoms with Crippen molar-refractivity contribution in [2.75, 3.05) is 7.11 Å². The Morgan fingerprint density at radius 1 is 0.960 bits per heavy atom. The molecule has 0 aliphatic rings. The van der Waals surface area contributed by atoms with E-state index in [4.69, 9.17) is 9.47 Å². The van der Waals surface area contributed by atoms with Crippen LogP contribution in [-0.4, -0.2) is 24.0 Å². The first kappa shape index (κ1) is 18.0. The Hall–Kier alpha value is -3.34. The number of hydrogen-bond acceptors (Lipinski definition) is 5. The number of hydrogen-bond donors (Lipinski definition) is 1.